The molecule has 0 radical (unpaired) electrons. The summed E-state index contributed by atoms with van der Waals surface area (Å²) in [5.41, 5.74) is 4.69. The quantitative estimate of drug-likeness (QED) is 0.645. The topological polar surface area (TPSA) is 43.9 Å². The van der Waals surface area contributed by atoms with E-state index in [4.69, 9.17) is 9.72 Å². The molecular weight excluding hydrogens is 398 g/mol. The van der Waals surface area contributed by atoms with E-state index < -0.39 is 0 Å². The first kappa shape index (κ1) is 21.2. The zero-order valence-corrected chi connectivity index (χ0v) is 19.0. The second kappa shape index (κ2) is 9.86. The monoisotopic (exact) mass is 431 g/mol. The Morgan fingerprint density at radius 3 is 2.44 bits per heavy atom. The molecule has 2 aromatic carbocycles. The Morgan fingerprint density at radius 1 is 0.875 bits per heavy atom. The maximum Gasteiger partial charge on any atom is 0.131 e. The van der Waals surface area contributed by atoms with E-state index in [1.54, 1.807) is 0 Å². The Morgan fingerprint density at radius 2 is 1.66 bits per heavy atom. The van der Waals surface area contributed by atoms with Crippen molar-refractivity contribution >= 4 is 22.4 Å². The summed E-state index contributed by atoms with van der Waals surface area (Å²) in [6.45, 7) is 9.84. The molecule has 3 heterocycles. The van der Waals surface area contributed by atoms with Gasteiger partial charge in [0.2, 0.25) is 0 Å². The zero-order chi connectivity index (χ0) is 21.8. The number of nitrogens with one attached hydrogen (secondary N) is 1. The molecule has 168 valence electrons. The molecular formula is C26H33N5O. The van der Waals surface area contributed by atoms with Crippen molar-refractivity contribution < 1.29 is 4.74 Å². The van der Waals surface area contributed by atoms with Crippen molar-refractivity contribution in [3.63, 3.8) is 0 Å². The number of pyridine rings is 1. The van der Waals surface area contributed by atoms with Gasteiger partial charge in [-0.15, -0.1) is 0 Å². The highest BCUT2D eigenvalue weighted by atomic mass is 16.5. The number of anilines is 2. The van der Waals surface area contributed by atoms with Crippen LogP contribution in [0.4, 0.5) is 11.5 Å². The Labute approximate surface area is 190 Å². The van der Waals surface area contributed by atoms with E-state index in [-0.39, 0.29) is 0 Å². The highest BCUT2D eigenvalue weighted by Gasteiger charge is 2.18. The van der Waals surface area contributed by atoms with Gasteiger partial charge in [-0.1, -0.05) is 36.4 Å². The van der Waals surface area contributed by atoms with Crippen LogP contribution >= 0.6 is 0 Å². The third-order valence-electron chi connectivity index (χ3n) is 6.58. The second-order valence-corrected chi connectivity index (χ2v) is 8.80. The lowest BCUT2D eigenvalue weighted by Crippen LogP contribution is -2.44. The van der Waals surface area contributed by atoms with E-state index >= 15 is 0 Å². The minimum Gasteiger partial charge on any atom is -0.383 e. The maximum absolute atomic E-state index is 5.49. The molecule has 0 unspecified atom stereocenters. The van der Waals surface area contributed by atoms with Gasteiger partial charge in [0.05, 0.1) is 18.7 Å². The molecule has 6 heteroatoms. The summed E-state index contributed by atoms with van der Waals surface area (Å²) in [5.74, 6) is 1.08. The second-order valence-electron chi connectivity index (χ2n) is 8.80. The summed E-state index contributed by atoms with van der Waals surface area (Å²) in [5, 5.41) is 4.93. The van der Waals surface area contributed by atoms with Crippen LogP contribution in [0, 0.1) is 0 Å². The molecule has 1 aromatic heterocycles. The van der Waals surface area contributed by atoms with Crippen LogP contribution in [0.25, 0.3) is 22.0 Å². The molecule has 5 rings (SSSR count). The first-order valence-electron chi connectivity index (χ1n) is 11.7. The van der Waals surface area contributed by atoms with E-state index in [2.05, 4.69) is 81.7 Å². The number of rotatable bonds is 6. The van der Waals surface area contributed by atoms with Crippen LogP contribution in [0.15, 0.2) is 54.6 Å². The first-order chi connectivity index (χ1) is 15.8. The lowest BCUT2D eigenvalue weighted by atomic mass is 10.0. The highest BCUT2D eigenvalue weighted by molar-refractivity contribution is 5.96. The fourth-order valence-electron chi connectivity index (χ4n) is 4.54. The fraction of sp³-hybridized carbons (Fsp3) is 0.423. The molecule has 1 N–H and O–H groups in total. The van der Waals surface area contributed by atoms with Gasteiger partial charge < -0.3 is 19.9 Å². The third-order valence-corrected chi connectivity index (χ3v) is 6.58. The molecule has 0 spiro atoms. The number of piperazine rings is 1. The summed E-state index contributed by atoms with van der Waals surface area (Å²) >= 11 is 0. The third kappa shape index (κ3) is 4.88. The van der Waals surface area contributed by atoms with Crippen molar-refractivity contribution in [2.75, 3.05) is 82.8 Å². The molecule has 2 aliphatic rings. The number of hydrogen-bond acceptors (Lipinski definition) is 6. The van der Waals surface area contributed by atoms with Crippen LogP contribution in [0.2, 0.25) is 0 Å². The van der Waals surface area contributed by atoms with Gasteiger partial charge in [0.15, 0.2) is 0 Å². The van der Waals surface area contributed by atoms with E-state index in [9.17, 15) is 0 Å². The van der Waals surface area contributed by atoms with Gasteiger partial charge in [0.1, 0.15) is 5.82 Å². The van der Waals surface area contributed by atoms with E-state index in [1.807, 2.05) is 0 Å². The number of hydrogen-bond donors (Lipinski definition) is 1. The van der Waals surface area contributed by atoms with Gasteiger partial charge in [-0.3, -0.25) is 4.90 Å². The average molecular weight is 432 g/mol. The number of likely N-dealkylation sites (N-methyl/N-ethyl adjacent to an activating group) is 1. The molecule has 0 atom stereocenters. The number of ether oxygens (including phenoxy) is 1. The summed E-state index contributed by atoms with van der Waals surface area (Å²) in [6.07, 6.45) is 0. The molecule has 32 heavy (non-hydrogen) atoms. The Bertz CT molecular complexity index is 1030. The number of aromatic nitrogens is 1. The molecule has 0 amide bonds. The van der Waals surface area contributed by atoms with Gasteiger partial charge in [-0.25, -0.2) is 4.98 Å². The normalized spacial score (nSPS) is 18.2. The molecule has 2 aliphatic heterocycles. The van der Waals surface area contributed by atoms with Crippen LogP contribution in [-0.2, 0) is 4.74 Å². The van der Waals surface area contributed by atoms with Crippen molar-refractivity contribution in [1.82, 2.24) is 14.8 Å². The van der Waals surface area contributed by atoms with Gasteiger partial charge in [0.25, 0.3) is 0 Å². The fourth-order valence-corrected chi connectivity index (χ4v) is 4.54. The van der Waals surface area contributed by atoms with Crippen molar-refractivity contribution in [1.29, 1.82) is 0 Å². The number of fused-ring (bicyclic) bond motifs is 1. The standard InChI is InChI=1S/C26H33N5O/c1-29-11-13-31(14-12-29)26-20-25(27-9-10-30-15-17-32-18-16-30)23-19-22(7-8-24(23)28-26)21-5-3-2-4-6-21/h2-8,19-20H,9-18H2,1H3,(H,27,28). The summed E-state index contributed by atoms with van der Waals surface area (Å²) < 4.78 is 5.49. The minimum absolute atomic E-state index is 0.839. The van der Waals surface area contributed by atoms with Crippen LogP contribution in [0.5, 0.6) is 0 Å². The predicted octanol–water partition coefficient (Wildman–Crippen LogP) is 3.40. The molecule has 6 nitrogen and oxygen atoms in total. The van der Waals surface area contributed by atoms with Crippen LogP contribution in [-0.4, -0.2) is 87.4 Å². The highest BCUT2D eigenvalue weighted by Crippen LogP contribution is 2.31. The van der Waals surface area contributed by atoms with E-state index in [0.717, 1.165) is 76.9 Å². The van der Waals surface area contributed by atoms with Crippen molar-refractivity contribution in [3.05, 3.63) is 54.6 Å². The largest absolute Gasteiger partial charge is 0.383 e. The minimum atomic E-state index is 0.839. The number of nitrogens with zero attached hydrogens (tertiary/aromatic N) is 4. The van der Waals surface area contributed by atoms with Crippen LogP contribution in [0.1, 0.15) is 0 Å². The van der Waals surface area contributed by atoms with E-state index in [0.29, 0.717) is 0 Å². The molecule has 0 saturated carbocycles. The van der Waals surface area contributed by atoms with Gasteiger partial charge in [0, 0.05) is 69.5 Å². The van der Waals surface area contributed by atoms with Crippen molar-refractivity contribution in [2.24, 2.45) is 0 Å². The van der Waals surface area contributed by atoms with E-state index in [1.165, 1.54) is 22.2 Å². The Balaban J connectivity index is 1.44. The lowest BCUT2D eigenvalue weighted by molar-refractivity contribution is 0.0398. The summed E-state index contributed by atoms with van der Waals surface area (Å²) in [7, 11) is 2.19. The maximum atomic E-state index is 5.49. The zero-order valence-electron chi connectivity index (χ0n) is 19.0. The molecule has 0 aliphatic carbocycles. The Hall–Kier alpha value is -2.67. The molecule has 2 saturated heterocycles. The van der Waals surface area contributed by atoms with Crippen LogP contribution in [0.3, 0.4) is 0 Å². The predicted molar refractivity (Wildman–Crippen MR) is 133 cm³/mol. The SMILES string of the molecule is CN1CCN(c2cc(NCCN3CCOCC3)c3cc(-c4ccccc4)ccc3n2)CC1. The van der Waals surface area contributed by atoms with Crippen molar-refractivity contribution in [2.45, 2.75) is 0 Å². The first-order valence-corrected chi connectivity index (χ1v) is 11.7. The molecule has 3 aromatic rings. The van der Waals surface area contributed by atoms with Gasteiger partial charge >= 0.3 is 0 Å². The van der Waals surface area contributed by atoms with Crippen LogP contribution < -0.4 is 10.2 Å². The number of benzene rings is 2. The summed E-state index contributed by atoms with van der Waals surface area (Å²) in [4.78, 5) is 12.3. The Kier molecular flexibility index (Phi) is 6.53. The van der Waals surface area contributed by atoms with Gasteiger partial charge in [-0.05, 0) is 30.3 Å². The molecule has 0 bridgehead atoms. The van der Waals surface area contributed by atoms with Gasteiger partial charge in [-0.2, -0.15) is 0 Å². The smallest absolute Gasteiger partial charge is 0.131 e. The summed E-state index contributed by atoms with van der Waals surface area (Å²) in [6, 6.07) is 19.5. The van der Waals surface area contributed by atoms with Crippen molar-refractivity contribution in [3.8, 4) is 11.1 Å². The molecule has 2 fully saturated rings. The average Bonchev–Trinajstić information content (AvgIpc) is 2.85. The lowest BCUT2D eigenvalue weighted by Gasteiger charge is -2.33. The number of morpholine rings is 1.